The molecule has 0 bridgehead atoms. The number of carbonyl (C=O) groups excluding carboxylic acids is 1. The highest BCUT2D eigenvalue weighted by Crippen LogP contribution is 2.14. The zero-order valence-corrected chi connectivity index (χ0v) is 12.2. The monoisotopic (exact) mass is 263 g/mol. The van der Waals surface area contributed by atoms with E-state index in [1.54, 1.807) is 25.5 Å². The topological polar surface area (TPSA) is 54.0 Å². The van der Waals surface area contributed by atoms with Crippen molar-refractivity contribution in [1.29, 1.82) is 0 Å². The maximum atomic E-state index is 12.1. The Morgan fingerprint density at radius 1 is 1.42 bits per heavy atom. The fraction of sp³-hybridized carbons (Fsp3) is 0.600. The molecule has 4 heteroatoms. The lowest BCUT2D eigenvalue weighted by Crippen LogP contribution is -2.29. The minimum absolute atomic E-state index is 0.0262. The van der Waals surface area contributed by atoms with Gasteiger partial charge in [0.15, 0.2) is 0 Å². The van der Waals surface area contributed by atoms with Gasteiger partial charge in [0.05, 0.1) is 17.4 Å². The number of amides is 1. The molecule has 0 aromatic carbocycles. The van der Waals surface area contributed by atoms with E-state index in [4.69, 9.17) is 0 Å². The van der Waals surface area contributed by atoms with Gasteiger partial charge in [-0.1, -0.05) is 33.1 Å². The third kappa shape index (κ3) is 4.89. The van der Waals surface area contributed by atoms with Gasteiger partial charge in [-0.05, 0) is 18.4 Å². The van der Waals surface area contributed by atoms with Crippen molar-refractivity contribution in [1.82, 2.24) is 10.3 Å². The van der Waals surface area contributed by atoms with Crippen LogP contribution in [-0.2, 0) is 0 Å². The van der Waals surface area contributed by atoms with E-state index < -0.39 is 0 Å². The van der Waals surface area contributed by atoms with Crippen LogP contribution in [0.25, 0.3) is 0 Å². The molecule has 0 spiro atoms. The Hall–Kier alpha value is -1.58. The molecule has 4 nitrogen and oxygen atoms in total. The second-order valence-corrected chi connectivity index (χ2v) is 4.80. The molecule has 0 aliphatic rings. The first-order valence-electron chi connectivity index (χ1n) is 7.12. The smallest absolute Gasteiger partial charge is 0.253 e. The van der Waals surface area contributed by atoms with Gasteiger partial charge < -0.3 is 10.6 Å². The van der Waals surface area contributed by atoms with Gasteiger partial charge in [-0.2, -0.15) is 0 Å². The Balaban J connectivity index is 2.54. The van der Waals surface area contributed by atoms with Gasteiger partial charge in [-0.15, -0.1) is 0 Å². The fourth-order valence-corrected chi connectivity index (χ4v) is 2.07. The third-order valence-electron chi connectivity index (χ3n) is 3.43. The Morgan fingerprint density at radius 2 is 2.21 bits per heavy atom. The van der Waals surface area contributed by atoms with E-state index in [1.165, 1.54) is 19.3 Å². The summed E-state index contributed by atoms with van der Waals surface area (Å²) < 4.78 is 0. The van der Waals surface area contributed by atoms with Gasteiger partial charge in [0.25, 0.3) is 5.91 Å². The molecule has 1 heterocycles. The lowest BCUT2D eigenvalue weighted by Gasteiger charge is -2.16. The second kappa shape index (κ2) is 8.51. The number of unbranched alkanes of at least 4 members (excludes halogenated alkanes) is 1. The van der Waals surface area contributed by atoms with Crippen LogP contribution < -0.4 is 10.6 Å². The van der Waals surface area contributed by atoms with Crippen molar-refractivity contribution in [3.05, 3.63) is 24.0 Å². The largest absolute Gasteiger partial charge is 0.386 e. The molecular weight excluding hydrogens is 238 g/mol. The average Bonchev–Trinajstić information content (AvgIpc) is 2.47. The highest BCUT2D eigenvalue weighted by Gasteiger charge is 2.12. The summed E-state index contributed by atoms with van der Waals surface area (Å²) in [4.78, 5) is 16.1. The van der Waals surface area contributed by atoms with Crippen molar-refractivity contribution < 1.29 is 4.79 Å². The molecule has 1 atom stereocenters. The zero-order chi connectivity index (χ0) is 14.1. The lowest BCUT2D eigenvalue weighted by molar-refractivity contribution is 0.0946. The van der Waals surface area contributed by atoms with Crippen LogP contribution in [0.5, 0.6) is 0 Å². The lowest BCUT2D eigenvalue weighted by atomic mass is 9.99. The molecule has 0 aliphatic heterocycles. The summed E-state index contributed by atoms with van der Waals surface area (Å²) >= 11 is 0. The first-order chi connectivity index (χ1) is 9.22. The van der Waals surface area contributed by atoms with E-state index >= 15 is 0 Å². The molecule has 0 saturated heterocycles. The average molecular weight is 263 g/mol. The van der Waals surface area contributed by atoms with E-state index in [0.717, 1.165) is 18.7 Å². The molecule has 0 radical (unpaired) electrons. The van der Waals surface area contributed by atoms with Gasteiger partial charge in [0.2, 0.25) is 0 Å². The van der Waals surface area contributed by atoms with Gasteiger partial charge in [-0.25, -0.2) is 0 Å². The third-order valence-corrected chi connectivity index (χ3v) is 3.43. The van der Waals surface area contributed by atoms with Crippen molar-refractivity contribution in [2.75, 3.05) is 18.9 Å². The summed E-state index contributed by atoms with van der Waals surface area (Å²) in [6.07, 6.45) is 8.04. The van der Waals surface area contributed by atoms with Crippen molar-refractivity contribution in [2.45, 2.75) is 39.5 Å². The number of nitrogens with one attached hydrogen (secondary N) is 2. The number of rotatable bonds is 8. The van der Waals surface area contributed by atoms with Gasteiger partial charge in [-0.3, -0.25) is 9.78 Å². The number of nitrogens with zero attached hydrogens (tertiary/aromatic N) is 1. The number of anilines is 1. The first kappa shape index (κ1) is 15.5. The van der Waals surface area contributed by atoms with Crippen LogP contribution in [0.3, 0.4) is 0 Å². The van der Waals surface area contributed by atoms with Crippen LogP contribution in [0, 0.1) is 5.92 Å². The van der Waals surface area contributed by atoms with Crippen LogP contribution in [-0.4, -0.2) is 24.5 Å². The van der Waals surface area contributed by atoms with Crippen molar-refractivity contribution >= 4 is 11.6 Å². The fourth-order valence-electron chi connectivity index (χ4n) is 2.07. The van der Waals surface area contributed by atoms with Crippen LogP contribution in [0.15, 0.2) is 18.5 Å². The van der Waals surface area contributed by atoms with E-state index in [9.17, 15) is 4.79 Å². The molecule has 0 aliphatic carbocycles. The highest BCUT2D eigenvalue weighted by atomic mass is 16.1. The summed E-state index contributed by atoms with van der Waals surface area (Å²) in [7, 11) is 1.80. The second-order valence-electron chi connectivity index (χ2n) is 4.80. The molecule has 0 fully saturated rings. The van der Waals surface area contributed by atoms with E-state index in [0.29, 0.717) is 11.5 Å². The van der Waals surface area contributed by atoms with Crippen molar-refractivity contribution in [3.8, 4) is 0 Å². The normalized spacial score (nSPS) is 11.9. The predicted octanol–water partition coefficient (Wildman–Crippen LogP) is 3.07. The van der Waals surface area contributed by atoms with E-state index in [1.807, 2.05) is 0 Å². The van der Waals surface area contributed by atoms with E-state index in [-0.39, 0.29) is 5.91 Å². The molecule has 106 valence electrons. The molecule has 1 aromatic rings. The summed E-state index contributed by atoms with van der Waals surface area (Å²) in [6, 6.07) is 1.74. The molecule has 19 heavy (non-hydrogen) atoms. The standard InChI is InChI=1S/C15H25N3O/c1-4-6-7-12(5-2)10-18-15(19)13-8-9-17-11-14(13)16-3/h8-9,11-12,16H,4-7,10H2,1-3H3,(H,18,19). The van der Waals surface area contributed by atoms with Gasteiger partial charge in [0, 0.05) is 19.8 Å². The molecular formula is C15H25N3O. The van der Waals surface area contributed by atoms with Gasteiger partial charge in [0.1, 0.15) is 0 Å². The Bertz CT molecular complexity index is 393. The number of hydrogen-bond donors (Lipinski definition) is 2. The van der Waals surface area contributed by atoms with Crippen molar-refractivity contribution in [2.24, 2.45) is 5.92 Å². The maximum absolute atomic E-state index is 12.1. The first-order valence-corrected chi connectivity index (χ1v) is 7.12. The molecule has 1 rings (SSSR count). The SMILES string of the molecule is CCCCC(CC)CNC(=O)c1ccncc1NC. The number of hydrogen-bond acceptors (Lipinski definition) is 3. The zero-order valence-electron chi connectivity index (χ0n) is 12.2. The molecule has 0 saturated carbocycles. The minimum atomic E-state index is -0.0262. The summed E-state index contributed by atoms with van der Waals surface area (Å²) in [5.41, 5.74) is 1.42. The summed E-state index contributed by atoms with van der Waals surface area (Å²) in [6.45, 7) is 5.13. The molecule has 2 N–H and O–H groups in total. The molecule has 1 aromatic heterocycles. The van der Waals surface area contributed by atoms with Crippen LogP contribution in [0.2, 0.25) is 0 Å². The number of carbonyl (C=O) groups is 1. The Morgan fingerprint density at radius 3 is 2.84 bits per heavy atom. The maximum Gasteiger partial charge on any atom is 0.253 e. The quantitative estimate of drug-likeness (QED) is 0.758. The summed E-state index contributed by atoms with van der Waals surface area (Å²) in [5.74, 6) is 0.547. The van der Waals surface area contributed by atoms with Crippen molar-refractivity contribution in [3.63, 3.8) is 0 Å². The van der Waals surface area contributed by atoms with E-state index in [2.05, 4.69) is 29.5 Å². The van der Waals surface area contributed by atoms with Crippen LogP contribution in [0.1, 0.15) is 49.9 Å². The van der Waals surface area contributed by atoms with Crippen LogP contribution in [0.4, 0.5) is 5.69 Å². The predicted molar refractivity (Wildman–Crippen MR) is 79.4 cm³/mol. The number of pyridine rings is 1. The van der Waals surface area contributed by atoms with Gasteiger partial charge >= 0.3 is 0 Å². The summed E-state index contributed by atoms with van der Waals surface area (Å²) in [5, 5.41) is 6.02. The molecule has 1 unspecified atom stereocenters. The highest BCUT2D eigenvalue weighted by molar-refractivity contribution is 5.99. The minimum Gasteiger partial charge on any atom is -0.386 e. The Kier molecular flexibility index (Phi) is 6.93. The number of aromatic nitrogens is 1. The molecule has 1 amide bonds. The van der Waals surface area contributed by atoms with Crippen LogP contribution >= 0.6 is 0 Å². The Labute approximate surface area is 116 Å².